The van der Waals surface area contributed by atoms with Gasteiger partial charge >= 0.3 is 0 Å². The third-order valence-electron chi connectivity index (χ3n) is 5.03. The topological polar surface area (TPSA) is 77.1 Å². The van der Waals surface area contributed by atoms with Gasteiger partial charge in [0.05, 0.1) is 27.2 Å². The monoisotopic (exact) mass is 398 g/mol. The molecule has 1 unspecified atom stereocenters. The van der Waals surface area contributed by atoms with Crippen LogP contribution in [0.3, 0.4) is 0 Å². The summed E-state index contributed by atoms with van der Waals surface area (Å²) in [5.41, 5.74) is 1.90. The summed E-state index contributed by atoms with van der Waals surface area (Å²) in [7, 11) is 4.77. The first-order valence-electron chi connectivity index (χ1n) is 9.43. The van der Waals surface area contributed by atoms with Crippen LogP contribution in [0.4, 0.5) is 0 Å². The fourth-order valence-electron chi connectivity index (χ4n) is 3.38. The molecule has 29 heavy (non-hydrogen) atoms. The van der Waals surface area contributed by atoms with Gasteiger partial charge in [-0.3, -0.25) is 9.59 Å². The van der Waals surface area contributed by atoms with E-state index in [1.165, 1.54) is 0 Å². The predicted octanol–water partition coefficient (Wildman–Crippen LogP) is 2.38. The molecule has 2 amide bonds. The van der Waals surface area contributed by atoms with Crippen molar-refractivity contribution >= 4 is 11.8 Å². The zero-order valence-corrected chi connectivity index (χ0v) is 16.9. The first kappa shape index (κ1) is 20.5. The lowest BCUT2D eigenvalue weighted by molar-refractivity contribution is -0.129. The fourth-order valence-corrected chi connectivity index (χ4v) is 3.38. The quantitative estimate of drug-likeness (QED) is 0.739. The van der Waals surface area contributed by atoms with Crippen LogP contribution in [-0.2, 0) is 22.7 Å². The summed E-state index contributed by atoms with van der Waals surface area (Å²) in [6.45, 7) is 1.26. The van der Waals surface area contributed by atoms with E-state index in [1.54, 1.807) is 26.2 Å². The molecule has 1 aliphatic rings. The van der Waals surface area contributed by atoms with Gasteiger partial charge in [0.15, 0.2) is 11.5 Å². The largest absolute Gasteiger partial charge is 0.497 e. The third kappa shape index (κ3) is 4.99. The van der Waals surface area contributed by atoms with E-state index < -0.39 is 0 Å². The number of nitrogens with zero attached hydrogens (tertiary/aromatic N) is 1. The van der Waals surface area contributed by atoms with Crippen LogP contribution >= 0.6 is 0 Å². The predicted molar refractivity (Wildman–Crippen MR) is 108 cm³/mol. The molecule has 2 aromatic rings. The second kappa shape index (κ2) is 9.32. The van der Waals surface area contributed by atoms with Gasteiger partial charge in [0, 0.05) is 26.1 Å². The van der Waals surface area contributed by atoms with Crippen molar-refractivity contribution in [1.82, 2.24) is 10.2 Å². The molecule has 0 saturated carbocycles. The molecular weight excluding hydrogens is 372 g/mol. The number of rotatable bonds is 8. The average Bonchev–Trinajstić information content (AvgIpc) is 3.12. The van der Waals surface area contributed by atoms with Gasteiger partial charge in [-0.25, -0.2) is 0 Å². The number of carbonyl (C=O) groups excluding carboxylic acids is 2. The maximum atomic E-state index is 12.5. The number of amides is 2. The van der Waals surface area contributed by atoms with Crippen molar-refractivity contribution in [3.05, 3.63) is 53.6 Å². The Morgan fingerprint density at radius 3 is 2.34 bits per heavy atom. The maximum Gasteiger partial charge on any atom is 0.225 e. The van der Waals surface area contributed by atoms with E-state index in [0.717, 1.165) is 16.9 Å². The highest BCUT2D eigenvalue weighted by atomic mass is 16.5. The van der Waals surface area contributed by atoms with Gasteiger partial charge < -0.3 is 24.4 Å². The Labute approximate surface area is 170 Å². The molecule has 154 valence electrons. The standard InChI is InChI=1S/C22H26N2O5/c1-27-18-7-4-15(5-8-18)12-23-22(26)17-11-21(25)24(14-17)13-16-6-9-19(28-2)20(10-16)29-3/h4-10,17H,11-14H2,1-3H3,(H,23,26). The van der Waals surface area contributed by atoms with E-state index in [0.29, 0.717) is 31.1 Å². The fraction of sp³-hybridized carbons (Fsp3) is 0.364. The van der Waals surface area contributed by atoms with Crippen LogP contribution < -0.4 is 19.5 Å². The summed E-state index contributed by atoms with van der Waals surface area (Å²) >= 11 is 0. The number of hydrogen-bond donors (Lipinski definition) is 1. The molecule has 0 bridgehead atoms. The van der Waals surface area contributed by atoms with Gasteiger partial charge in [0.1, 0.15) is 5.75 Å². The number of nitrogens with one attached hydrogen (secondary N) is 1. The van der Waals surface area contributed by atoms with Gasteiger partial charge in [-0.05, 0) is 35.4 Å². The van der Waals surface area contributed by atoms with Crippen LogP contribution in [0.2, 0.25) is 0 Å². The van der Waals surface area contributed by atoms with Gasteiger partial charge in [-0.2, -0.15) is 0 Å². The molecule has 1 aliphatic heterocycles. The lowest BCUT2D eigenvalue weighted by Gasteiger charge is -2.18. The molecule has 7 nitrogen and oxygen atoms in total. The Balaban J connectivity index is 1.55. The van der Waals surface area contributed by atoms with Gasteiger partial charge in [0.2, 0.25) is 11.8 Å². The SMILES string of the molecule is COc1ccc(CNC(=O)C2CC(=O)N(Cc3ccc(OC)c(OC)c3)C2)cc1. The number of ether oxygens (including phenoxy) is 3. The second-order valence-electron chi connectivity index (χ2n) is 6.93. The van der Waals surface area contributed by atoms with E-state index in [-0.39, 0.29) is 24.2 Å². The average molecular weight is 398 g/mol. The number of carbonyl (C=O) groups is 2. The summed E-state index contributed by atoms with van der Waals surface area (Å²) in [4.78, 5) is 26.6. The van der Waals surface area contributed by atoms with Crippen LogP contribution in [0.1, 0.15) is 17.5 Å². The smallest absolute Gasteiger partial charge is 0.225 e. The summed E-state index contributed by atoms with van der Waals surface area (Å²) in [6.07, 6.45) is 0.224. The zero-order valence-electron chi connectivity index (χ0n) is 16.9. The van der Waals surface area contributed by atoms with Crippen LogP contribution in [0.5, 0.6) is 17.2 Å². The number of likely N-dealkylation sites (tertiary alicyclic amines) is 1. The first-order chi connectivity index (χ1) is 14.0. The van der Waals surface area contributed by atoms with E-state index in [1.807, 2.05) is 42.5 Å². The normalized spacial score (nSPS) is 15.9. The van der Waals surface area contributed by atoms with Crippen molar-refractivity contribution in [2.75, 3.05) is 27.9 Å². The number of benzene rings is 2. The highest BCUT2D eigenvalue weighted by Crippen LogP contribution is 2.29. The Morgan fingerprint density at radius 1 is 1.00 bits per heavy atom. The van der Waals surface area contributed by atoms with Crippen molar-refractivity contribution < 1.29 is 23.8 Å². The van der Waals surface area contributed by atoms with E-state index >= 15 is 0 Å². The Morgan fingerprint density at radius 2 is 1.69 bits per heavy atom. The Hall–Kier alpha value is -3.22. The summed E-state index contributed by atoms with van der Waals surface area (Å²) in [5.74, 6) is 1.55. The van der Waals surface area contributed by atoms with Crippen molar-refractivity contribution in [1.29, 1.82) is 0 Å². The Bertz CT molecular complexity index is 866. The highest BCUT2D eigenvalue weighted by molar-refractivity contribution is 5.89. The van der Waals surface area contributed by atoms with Gasteiger partial charge in [0.25, 0.3) is 0 Å². The van der Waals surface area contributed by atoms with Crippen molar-refractivity contribution in [2.24, 2.45) is 5.92 Å². The molecule has 0 aromatic heterocycles. The summed E-state index contributed by atoms with van der Waals surface area (Å²) < 4.78 is 15.7. The number of hydrogen-bond acceptors (Lipinski definition) is 5. The molecule has 1 heterocycles. The van der Waals surface area contributed by atoms with E-state index in [4.69, 9.17) is 14.2 Å². The van der Waals surface area contributed by atoms with E-state index in [9.17, 15) is 9.59 Å². The lowest BCUT2D eigenvalue weighted by atomic mass is 10.1. The molecule has 0 radical (unpaired) electrons. The number of methoxy groups -OCH3 is 3. The first-order valence-corrected chi connectivity index (χ1v) is 9.43. The van der Waals surface area contributed by atoms with Crippen LogP contribution in [-0.4, -0.2) is 44.6 Å². The zero-order chi connectivity index (χ0) is 20.8. The van der Waals surface area contributed by atoms with Crippen LogP contribution in [0, 0.1) is 5.92 Å². The lowest BCUT2D eigenvalue weighted by Crippen LogP contribution is -2.32. The minimum absolute atomic E-state index is 0.0237. The van der Waals surface area contributed by atoms with Crippen molar-refractivity contribution in [3.63, 3.8) is 0 Å². The van der Waals surface area contributed by atoms with Crippen LogP contribution in [0.15, 0.2) is 42.5 Å². The van der Waals surface area contributed by atoms with Crippen molar-refractivity contribution in [2.45, 2.75) is 19.5 Å². The summed E-state index contributed by atoms with van der Waals surface area (Å²) in [5, 5.41) is 2.92. The molecule has 1 N–H and O–H groups in total. The van der Waals surface area contributed by atoms with Crippen LogP contribution in [0.25, 0.3) is 0 Å². The third-order valence-corrected chi connectivity index (χ3v) is 5.03. The molecule has 1 saturated heterocycles. The minimum Gasteiger partial charge on any atom is -0.497 e. The summed E-state index contributed by atoms with van der Waals surface area (Å²) in [6, 6.07) is 13.1. The molecule has 0 spiro atoms. The highest BCUT2D eigenvalue weighted by Gasteiger charge is 2.34. The molecule has 3 rings (SSSR count). The molecule has 1 fully saturated rings. The van der Waals surface area contributed by atoms with Crippen molar-refractivity contribution in [3.8, 4) is 17.2 Å². The van der Waals surface area contributed by atoms with E-state index in [2.05, 4.69) is 5.32 Å². The molecule has 1 atom stereocenters. The van der Waals surface area contributed by atoms with Gasteiger partial charge in [-0.15, -0.1) is 0 Å². The van der Waals surface area contributed by atoms with Gasteiger partial charge in [-0.1, -0.05) is 18.2 Å². The molecule has 2 aromatic carbocycles. The molecule has 7 heteroatoms. The second-order valence-corrected chi connectivity index (χ2v) is 6.93. The minimum atomic E-state index is -0.346. The maximum absolute atomic E-state index is 12.5. The Kier molecular flexibility index (Phi) is 6.59. The molecular formula is C22H26N2O5. The molecule has 0 aliphatic carbocycles.